The first-order chi connectivity index (χ1) is 8.69. The summed E-state index contributed by atoms with van der Waals surface area (Å²) in [5, 5.41) is 15.9. The maximum absolute atomic E-state index is 9.36. The Balaban J connectivity index is 1.98. The average molecular weight is 247 g/mol. The van der Waals surface area contributed by atoms with Crippen molar-refractivity contribution < 1.29 is 5.11 Å². The van der Waals surface area contributed by atoms with Gasteiger partial charge in [-0.25, -0.2) is 4.99 Å². The van der Waals surface area contributed by atoms with Crippen LogP contribution in [0.15, 0.2) is 29.3 Å². The van der Waals surface area contributed by atoms with Crippen molar-refractivity contribution in [3.63, 3.8) is 0 Å². The predicted molar refractivity (Wildman–Crippen MR) is 74.7 cm³/mol. The molecule has 1 aromatic rings. The number of rotatable bonds is 4. The minimum absolute atomic E-state index is 0.0570. The lowest BCUT2D eigenvalue weighted by molar-refractivity contribution is 0.238. The molecule has 0 saturated heterocycles. The summed E-state index contributed by atoms with van der Waals surface area (Å²) in [6, 6.07) is 8.19. The van der Waals surface area contributed by atoms with Gasteiger partial charge < -0.3 is 15.7 Å². The minimum atomic E-state index is 0.0570. The van der Waals surface area contributed by atoms with E-state index in [9.17, 15) is 5.11 Å². The smallest absolute Gasteiger partial charge is 0.196 e. The van der Waals surface area contributed by atoms with E-state index in [1.54, 1.807) is 0 Å². The fourth-order valence-electron chi connectivity index (χ4n) is 2.13. The Bertz CT molecular complexity index is 429. The highest BCUT2D eigenvalue weighted by Gasteiger charge is 2.15. The molecule has 1 heterocycles. The fourth-order valence-corrected chi connectivity index (χ4v) is 2.13. The van der Waals surface area contributed by atoms with Gasteiger partial charge in [0.05, 0.1) is 19.2 Å². The van der Waals surface area contributed by atoms with Crippen LogP contribution in [0, 0.1) is 5.92 Å². The number of nitrogens with zero attached hydrogens (tertiary/aromatic N) is 1. The van der Waals surface area contributed by atoms with Gasteiger partial charge in [0.1, 0.15) is 0 Å². The molecule has 1 aliphatic heterocycles. The maximum atomic E-state index is 9.36. The highest BCUT2D eigenvalue weighted by Crippen LogP contribution is 2.19. The van der Waals surface area contributed by atoms with Crippen LogP contribution in [0.25, 0.3) is 0 Å². The Morgan fingerprint density at radius 1 is 1.39 bits per heavy atom. The summed E-state index contributed by atoms with van der Waals surface area (Å²) in [7, 11) is 0. The number of guanidine groups is 1. The molecule has 0 saturated carbocycles. The van der Waals surface area contributed by atoms with Crippen molar-refractivity contribution in [1.29, 1.82) is 0 Å². The molecule has 0 bridgehead atoms. The van der Waals surface area contributed by atoms with E-state index in [-0.39, 0.29) is 12.6 Å². The first-order valence-electron chi connectivity index (χ1n) is 6.46. The summed E-state index contributed by atoms with van der Waals surface area (Å²) >= 11 is 0. The van der Waals surface area contributed by atoms with E-state index in [4.69, 9.17) is 0 Å². The monoisotopic (exact) mass is 247 g/mol. The van der Waals surface area contributed by atoms with Crippen molar-refractivity contribution in [3.8, 4) is 0 Å². The number of aliphatic imine (C=N–C) groups is 1. The van der Waals surface area contributed by atoms with Crippen molar-refractivity contribution in [1.82, 2.24) is 5.32 Å². The summed E-state index contributed by atoms with van der Waals surface area (Å²) in [6.07, 6.45) is 0.929. The zero-order valence-corrected chi connectivity index (χ0v) is 11.0. The van der Waals surface area contributed by atoms with E-state index in [0.29, 0.717) is 12.5 Å². The molecule has 1 unspecified atom stereocenters. The lowest BCUT2D eigenvalue weighted by Gasteiger charge is -2.24. The second-order valence-corrected chi connectivity index (χ2v) is 5.10. The molecule has 0 radical (unpaired) electrons. The molecule has 1 aliphatic rings. The maximum Gasteiger partial charge on any atom is 0.196 e. The van der Waals surface area contributed by atoms with Gasteiger partial charge in [0.2, 0.25) is 0 Å². The van der Waals surface area contributed by atoms with Crippen LogP contribution in [0.4, 0.5) is 5.69 Å². The molecule has 0 aliphatic carbocycles. The Labute approximate surface area is 108 Å². The quantitative estimate of drug-likeness (QED) is 0.762. The molecule has 1 aromatic carbocycles. The molecule has 4 nitrogen and oxygen atoms in total. The highest BCUT2D eigenvalue weighted by atomic mass is 16.3. The number of aliphatic hydroxyl groups excluding tert-OH is 1. The summed E-state index contributed by atoms with van der Waals surface area (Å²) in [5.41, 5.74) is 2.30. The Morgan fingerprint density at radius 3 is 2.89 bits per heavy atom. The summed E-state index contributed by atoms with van der Waals surface area (Å²) in [5.74, 6) is 1.31. The summed E-state index contributed by atoms with van der Waals surface area (Å²) < 4.78 is 0. The minimum Gasteiger partial charge on any atom is -0.394 e. The Morgan fingerprint density at radius 2 is 2.17 bits per heavy atom. The van der Waals surface area contributed by atoms with Crippen LogP contribution in [0.1, 0.15) is 25.8 Å². The third-order valence-electron chi connectivity index (χ3n) is 3.00. The van der Waals surface area contributed by atoms with Crippen molar-refractivity contribution in [3.05, 3.63) is 29.8 Å². The van der Waals surface area contributed by atoms with Crippen LogP contribution in [0.3, 0.4) is 0 Å². The average Bonchev–Trinajstić information content (AvgIpc) is 2.37. The highest BCUT2D eigenvalue weighted by molar-refractivity contribution is 5.95. The molecule has 0 amide bonds. The van der Waals surface area contributed by atoms with Crippen LogP contribution in [-0.2, 0) is 6.54 Å². The standard InChI is InChI=1S/C14H21N3O/c1-10(2)7-12(9-18)16-14-15-8-11-5-3-4-6-13(11)17-14/h3-6,10,12,18H,7-9H2,1-2H3,(H2,15,16,17). The second-order valence-electron chi connectivity index (χ2n) is 5.10. The van der Waals surface area contributed by atoms with Gasteiger partial charge >= 0.3 is 0 Å². The van der Waals surface area contributed by atoms with Crippen LogP contribution < -0.4 is 10.6 Å². The third kappa shape index (κ3) is 3.23. The van der Waals surface area contributed by atoms with Gasteiger partial charge in [-0.1, -0.05) is 32.0 Å². The van der Waals surface area contributed by atoms with Crippen molar-refractivity contribution >= 4 is 11.6 Å². The van der Waals surface area contributed by atoms with Crippen LogP contribution in [0.2, 0.25) is 0 Å². The van der Waals surface area contributed by atoms with Gasteiger partial charge in [-0.15, -0.1) is 0 Å². The molecule has 2 rings (SSSR count). The number of hydrogen-bond donors (Lipinski definition) is 3. The van der Waals surface area contributed by atoms with E-state index >= 15 is 0 Å². The van der Waals surface area contributed by atoms with Crippen LogP contribution >= 0.6 is 0 Å². The molecular formula is C14H21N3O. The van der Waals surface area contributed by atoms with E-state index in [2.05, 4.69) is 35.5 Å². The van der Waals surface area contributed by atoms with Crippen LogP contribution in [-0.4, -0.2) is 23.7 Å². The third-order valence-corrected chi connectivity index (χ3v) is 3.00. The van der Waals surface area contributed by atoms with Crippen molar-refractivity contribution in [2.45, 2.75) is 32.9 Å². The topological polar surface area (TPSA) is 56.6 Å². The molecule has 0 aromatic heterocycles. The Kier molecular flexibility index (Phi) is 4.20. The first-order valence-corrected chi connectivity index (χ1v) is 6.46. The predicted octanol–water partition coefficient (Wildman–Crippen LogP) is 1.96. The zero-order valence-electron chi connectivity index (χ0n) is 11.0. The van der Waals surface area contributed by atoms with E-state index in [0.717, 1.165) is 18.1 Å². The molecule has 98 valence electrons. The second kappa shape index (κ2) is 5.87. The fraction of sp³-hybridized carbons (Fsp3) is 0.500. The molecule has 3 N–H and O–H groups in total. The van der Waals surface area contributed by atoms with E-state index in [1.807, 2.05) is 18.2 Å². The van der Waals surface area contributed by atoms with Crippen molar-refractivity contribution in [2.24, 2.45) is 10.9 Å². The molecule has 0 fully saturated rings. The van der Waals surface area contributed by atoms with Gasteiger partial charge in [-0.2, -0.15) is 0 Å². The number of benzene rings is 1. The van der Waals surface area contributed by atoms with Gasteiger partial charge in [0, 0.05) is 5.69 Å². The van der Waals surface area contributed by atoms with E-state index < -0.39 is 0 Å². The Hall–Kier alpha value is -1.55. The number of anilines is 1. The number of fused-ring (bicyclic) bond motifs is 1. The zero-order chi connectivity index (χ0) is 13.0. The molecule has 0 spiro atoms. The summed E-state index contributed by atoms with van der Waals surface area (Å²) in [6.45, 7) is 5.11. The van der Waals surface area contributed by atoms with Gasteiger partial charge in [0.15, 0.2) is 5.96 Å². The first kappa shape index (κ1) is 12.9. The SMILES string of the molecule is CC(C)CC(CO)NC1=NCc2ccccc2N1. The number of aliphatic hydroxyl groups is 1. The van der Waals surface area contributed by atoms with Crippen molar-refractivity contribution in [2.75, 3.05) is 11.9 Å². The summed E-state index contributed by atoms with van der Waals surface area (Å²) in [4.78, 5) is 4.45. The molecular weight excluding hydrogens is 226 g/mol. The van der Waals surface area contributed by atoms with E-state index in [1.165, 1.54) is 5.56 Å². The van der Waals surface area contributed by atoms with Gasteiger partial charge in [-0.05, 0) is 24.0 Å². The number of para-hydroxylation sites is 1. The molecule has 1 atom stereocenters. The number of nitrogens with one attached hydrogen (secondary N) is 2. The molecule has 18 heavy (non-hydrogen) atoms. The lowest BCUT2D eigenvalue weighted by Crippen LogP contribution is -2.43. The van der Waals surface area contributed by atoms with Gasteiger partial charge in [0.25, 0.3) is 0 Å². The normalized spacial score (nSPS) is 15.7. The van der Waals surface area contributed by atoms with Crippen LogP contribution in [0.5, 0.6) is 0 Å². The van der Waals surface area contributed by atoms with Gasteiger partial charge in [-0.3, -0.25) is 0 Å². The lowest BCUT2D eigenvalue weighted by atomic mass is 10.0. The number of hydrogen-bond acceptors (Lipinski definition) is 4. The molecule has 4 heteroatoms. The largest absolute Gasteiger partial charge is 0.394 e.